The van der Waals surface area contributed by atoms with Crippen LogP contribution >= 0.6 is 0 Å². The molecule has 5 nitrogen and oxygen atoms in total. The van der Waals surface area contributed by atoms with Crippen molar-refractivity contribution in [3.05, 3.63) is 0 Å². The zero-order chi connectivity index (χ0) is 13.5. The molecule has 2 saturated carbocycles. The minimum atomic E-state index is -0.803. The Morgan fingerprint density at radius 2 is 1.83 bits per heavy atom. The summed E-state index contributed by atoms with van der Waals surface area (Å²) < 4.78 is 5.19. The molecular weight excluding hydrogens is 234 g/mol. The van der Waals surface area contributed by atoms with E-state index in [9.17, 15) is 14.7 Å². The summed E-state index contributed by atoms with van der Waals surface area (Å²) >= 11 is 0. The highest BCUT2D eigenvalue weighted by atomic mass is 16.6. The Labute approximate surface area is 107 Å². The topological polar surface area (TPSA) is 75.6 Å². The molecule has 0 heterocycles. The lowest BCUT2D eigenvalue weighted by Gasteiger charge is -2.30. The third-order valence-corrected chi connectivity index (χ3v) is 3.88. The Morgan fingerprint density at radius 3 is 2.39 bits per heavy atom. The van der Waals surface area contributed by atoms with Crippen LogP contribution in [0.2, 0.25) is 0 Å². The van der Waals surface area contributed by atoms with E-state index in [1.54, 1.807) is 20.8 Å². The lowest BCUT2D eigenvalue weighted by Crippen LogP contribution is -2.48. The van der Waals surface area contributed by atoms with E-state index in [2.05, 4.69) is 5.32 Å². The first kappa shape index (κ1) is 13.2. The van der Waals surface area contributed by atoms with Crippen molar-refractivity contribution in [3.63, 3.8) is 0 Å². The Kier molecular flexibility index (Phi) is 3.25. The molecular formula is C13H21NO4. The van der Waals surface area contributed by atoms with Gasteiger partial charge in [0.1, 0.15) is 5.60 Å². The standard InChI is InChI=1S/C13H21NO4/c1-13(2,3)18-12(17)14-10-8-5-4-7(6-8)9(10)11(15)16/h7-10H,4-6H2,1-3H3,(H,14,17)(H,15,16)/t7-,8-,9-,10-/m0/s1. The van der Waals surface area contributed by atoms with Gasteiger partial charge in [0.05, 0.1) is 5.92 Å². The molecule has 2 rings (SSSR count). The zero-order valence-electron chi connectivity index (χ0n) is 11.1. The molecule has 0 spiro atoms. The summed E-state index contributed by atoms with van der Waals surface area (Å²) in [5.74, 6) is -0.740. The monoisotopic (exact) mass is 255 g/mol. The lowest BCUT2D eigenvalue weighted by atomic mass is 9.84. The molecule has 2 fully saturated rings. The number of aliphatic carboxylic acids is 1. The van der Waals surface area contributed by atoms with Crippen molar-refractivity contribution in [2.24, 2.45) is 17.8 Å². The zero-order valence-corrected chi connectivity index (χ0v) is 11.1. The van der Waals surface area contributed by atoms with E-state index in [0.717, 1.165) is 19.3 Å². The van der Waals surface area contributed by atoms with E-state index in [0.29, 0.717) is 5.92 Å². The molecule has 5 heteroatoms. The quantitative estimate of drug-likeness (QED) is 0.791. The summed E-state index contributed by atoms with van der Waals surface area (Å²) in [5, 5.41) is 12.0. The Balaban J connectivity index is 2.00. The van der Waals surface area contributed by atoms with E-state index < -0.39 is 23.6 Å². The van der Waals surface area contributed by atoms with Gasteiger partial charge in [-0.05, 0) is 51.9 Å². The normalized spacial score (nSPS) is 34.4. The van der Waals surface area contributed by atoms with E-state index in [4.69, 9.17) is 4.74 Å². The molecule has 2 bridgehead atoms. The van der Waals surface area contributed by atoms with Crippen LogP contribution in [0.5, 0.6) is 0 Å². The predicted octanol–water partition coefficient (Wildman–Crippen LogP) is 2.01. The van der Waals surface area contributed by atoms with Crippen LogP contribution in [-0.4, -0.2) is 28.8 Å². The van der Waals surface area contributed by atoms with E-state index in [1.165, 1.54) is 0 Å². The smallest absolute Gasteiger partial charge is 0.407 e. The van der Waals surface area contributed by atoms with Crippen molar-refractivity contribution in [3.8, 4) is 0 Å². The fourth-order valence-corrected chi connectivity index (χ4v) is 3.30. The van der Waals surface area contributed by atoms with E-state index in [1.807, 2.05) is 0 Å². The van der Waals surface area contributed by atoms with Crippen LogP contribution in [0, 0.1) is 17.8 Å². The van der Waals surface area contributed by atoms with Crippen LogP contribution in [0.3, 0.4) is 0 Å². The number of amides is 1. The van der Waals surface area contributed by atoms with Crippen molar-refractivity contribution in [2.45, 2.75) is 51.7 Å². The second kappa shape index (κ2) is 4.44. The second-order valence-corrected chi connectivity index (χ2v) is 6.37. The fraction of sp³-hybridized carbons (Fsp3) is 0.846. The lowest BCUT2D eigenvalue weighted by molar-refractivity contribution is -0.144. The van der Waals surface area contributed by atoms with Gasteiger partial charge < -0.3 is 15.2 Å². The summed E-state index contributed by atoms with van der Waals surface area (Å²) in [5.41, 5.74) is -0.555. The highest BCUT2D eigenvalue weighted by Gasteiger charge is 2.51. The third kappa shape index (κ3) is 2.60. The Bertz CT molecular complexity index is 360. The minimum Gasteiger partial charge on any atom is -0.481 e. The molecule has 18 heavy (non-hydrogen) atoms. The number of carboxylic acids is 1. The molecule has 0 radical (unpaired) electrons. The average Bonchev–Trinajstić information content (AvgIpc) is 2.73. The van der Waals surface area contributed by atoms with Crippen molar-refractivity contribution in [1.29, 1.82) is 0 Å². The van der Waals surface area contributed by atoms with Gasteiger partial charge in [-0.1, -0.05) is 0 Å². The summed E-state index contributed by atoms with van der Waals surface area (Å²) in [7, 11) is 0. The first-order valence-corrected chi connectivity index (χ1v) is 6.50. The van der Waals surface area contributed by atoms with Gasteiger partial charge in [-0.3, -0.25) is 4.79 Å². The van der Waals surface area contributed by atoms with Gasteiger partial charge >= 0.3 is 12.1 Å². The summed E-state index contributed by atoms with van der Waals surface area (Å²) in [6, 6.07) is -0.268. The van der Waals surface area contributed by atoms with E-state index in [-0.39, 0.29) is 12.0 Å². The molecule has 0 unspecified atom stereocenters. The molecule has 2 aliphatic rings. The molecule has 0 aromatic heterocycles. The molecule has 0 saturated heterocycles. The molecule has 2 N–H and O–H groups in total. The van der Waals surface area contributed by atoms with Crippen molar-refractivity contribution < 1.29 is 19.4 Å². The number of carboxylic acid groups (broad SMARTS) is 1. The predicted molar refractivity (Wildman–Crippen MR) is 65.1 cm³/mol. The largest absolute Gasteiger partial charge is 0.481 e. The Hall–Kier alpha value is -1.26. The van der Waals surface area contributed by atoms with Crippen LogP contribution in [0.15, 0.2) is 0 Å². The summed E-state index contributed by atoms with van der Waals surface area (Å²) in [6.45, 7) is 5.38. The number of hydrogen-bond donors (Lipinski definition) is 2. The third-order valence-electron chi connectivity index (χ3n) is 3.88. The number of fused-ring (bicyclic) bond motifs is 2. The van der Waals surface area contributed by atoms with Gasteiger partial charge in [0.25, 0.3) is 0 Å². The van der Waals surface area contributed by atoms with Crippen LogP contribution in [0.25, 0.3) is 0 Å². The first-order valence-electron chi connectivity index (χ1n) is 6.50. The summed E-state index contributed by atoms with van der Waals surface area (Å²) in [4.78, 5) is 23.0. The molecule has 102 valence electrons. The van der Waals surface area contributed by atoms with Crippen molar-refractivity contribution in [1.82, 2.24) is 5.32 Å². The van der Waals surface area contributed by atoms with Crippen LogP contribution in [-0.2, 0) is 9.53 Å². The highest BCUT2D eigenvalue weighted by molar-refractivity contribution is 5.75. The SMILES string of the molecule is CC(C)(C)OC(=O)N[C@H]1[C@H]2CC[C@@H](C2)[C@@H]1C(=O)O. The van der Waals surface area contributed by atoms with E-state index >= 15 is 0 Å². The summed E-state index contributed by atoms with van der Waals surface area (Å²) in [6.07, 6.45) is 2.38. The van der Waals surface area contributed by atoms with Crippen LogP contribution in [0.1, 0.15) is 40.0 Å². The maximum Gasteiger partial charge on any atom is 0.407 e. The highest BCUT2D eigenvalue weighted by Crippen LogP contribution is 2.48. The van der Waals surface area contributed by atoms with Crippen LogP contribution in [0.4, 0.5) is 4.79 Å². The molecule has 1 amide bonds. The number of rotatable bonds is 2. The minimum absolute atomic E-state index is 0.215. The van der Waals surface area contributed by atoms with Gasteiger partial charge in [0, 0.05) is 6.04 Å². The molecule has 0 aromatic carbocycles. The number of carbonyl (C=O) groups excluding carboxylic acids is 1. The number of nitrogens with one attached hydrogen (secondary N) is 1. The van der Waals surface area contributed by atoms with Crippen molar-refractivity contribution in [2.75, 3.05) is 0 Å². The van der Waals surface area contributed by atoms with Gasteiger partial charge in [-0.15, -0.1) is 0 Å². The fourth-order valence-electron chi connectivity index (χ4n) is 3.30. The Morgan fingerprint density at radius 1 is 1.22 bits per heavy atom. The maximum atomic E-state index is 11.7. The van der Waals surface area contributed by atoms with Crippen molar-refractivity contribution >= 4 is 12.1 Å². The molecule has 0 aliphatic heterocycles. The number of alkyl carbamates (subject to hydrolysis) is 1. The maximum absolute atomic E-state index is 11.7. The molecule has 4 atom stereocenters. The molecule has 2 aliphatic carbocycles. The number of ether oxygens (including phenoxy) is 1. The number of carbonyl (C=O) groups is 2. The molecule has 0 aromatic rings. The number of hydrogen-bond acceptors (Lipinski definition) is 3. The van der Waals surface area contributed by atoms with Gasteiger partial charge in [0.2, 0.25) is 0 Å². The second-order valence-electron chi connectivity index (χ2n) is 6.37. The first-order chi connectivity index (χ1) is 8.28. The van der Waals surface area contributed by atoms with Gasteiger partial charge in [0.15, 0.2) is 0 Å². The van der Waals surface area contributed by atoms with Crippen LogP contribution < -0.4 is 5.32 Å². The van der Waals surface area contributed by atoms with Gasteiger partial charge in [-0.2, -0.15) is 0 Å². The average molecular weight is 255 g/mol. The van der Waals surface area contributed by atoms with Gasteiger partial charge in [-0.25, -0.2) is 4.79 Å².